The van der Waals surface area contributed by atoms with Gasteiger partial charge in [0.25, 0.3) is 0 Å². The minimum atomic E-state index is 0.432. The summed E-state index contributed by atoms with van der Waals surface area (Å²) >= 11 is 0. The molecule has 2 aromatic carbocycles. The average molecular weight is 436 g/mol. The summed E-state index contributed by atoms with van der Waals surface area (Å²) in [6, 6.07) is 20.9. The second-order valence-electron chi connectivity index (χ2n) is 8.52. The molecule has 3 aromatic heterocycles. The Kier molecular flexibility index (Phi) is 4.92. The van der Waals surface area contributed by atoms with Crippen LogP contribution >= 0.6 is 0 Å². The molecule has 164 valence electrons. The summed E-state index contributed by atoms with van der Waals surface area (Å²) in [6.45, 7) is 2.06. The Bertz CT molecular complexity index is 1410. The van der Waals surface area contributed by atoms with E-state index in [4.69, 9.17) is 10.2 Å². The molecule has 1 aliphatic rings. The van der Waals surface area contributed by atoms with Gasteiger partial charge in [0.05, 0.1) is 17.8 Å². The van der Waals surface area contributed by atoms with Crippen LogP contribution in [0, 0.1) is 0 Å². The standard InChI is InChI=1S/C27H25N5O/c28-27-23(14-19(15-30-27)20-16-31-32(17-20)21-10-12-29-13-11-21)26-25(18-6-2-1-3-7-18)22-8-4-5-9-24(22)33-26/h1-9,14-17,21,29H,10-13H2,(H2,28,30). The molecule has 1 fully saturated rings. The van der Waals surface area contributed by atoms with Gasteiger partial charge in [-0.25, -0.2) is 4.98 Å². The van der Waals surface area contributed by atoms with Crippen LogP contribution in [-0.2, 0) is 0 Å². The third kappa shape index (κ3) is 3.58. The molecule has 0 unspecified atom stereocenters. The summed E-state index contributed by atoms with van der Waals surface area (Å²) in [5, 5.41) is 9.11. The maximum Gasteiger partial charge on any atom is 0.146 e. The van der Waals surface area contributed by atoms with E-state index >= 15 is 0 Å². The lowest BCUT2D eigenvalue weighted by Gasteiger charge is -2.22. The fourth-order valence-corrected chi connectivity index (χ4v) is 4.70. The largest absolute Gasteiger partial charge is 0.455 e. The molecule has 1 aliphatic heterocycles. The van der Waals surface area contributed by atoms with Crippen molar-refractivity contribution in [2.24, 2.45) is 0 Å². The molecule has 0 amide bonds. The van der Waals surface area contributed by atoms with Gasteiger partial charge in [0.15, 0.2) is 0 Å². The van der Waals surface area contributed by atoms with Crippen molar-refractivity contribution in [2.75, 3.05) is 18.8 Å². The summed E-state index contributed by atoms with van der Waals surface area (Å²) in [5.74, 6) is 1.18. The first-order valence-electron chi connectivity index (χ1n) is 11.4. The summed E-state index contributed by atoms with van der Waals surface area (Å²) in [4.78, 5) is 4.53. The Labute approximate surface area is 192 Å². The minimum absolute atomic E-state index is 0.432. The number of nitrogens with one attached hydrogen (secondary N) is 1. The van der Waals surface area contributed by atoms with Crippen LogP contribution in [0.1, 0.15) is 18.9 Å². The predicted octanol–water partition coefficient (Wildman–Crippen LogP) is 5.53. The minimum Gasteiger partial charge on any atom is -0.455 e. The van der Waals surface area contributed by atoms with Gasteiger partial charge < -0.3 is 15.5 Å². The van der Waals surface area contributed by atoms with Crippen LogP contribution in [0.3, 0.4) is 0 Å². The van der Waals surface area contributed by atoms with Crippen LogP contribution in [0.15, 0.2) is 83.7 Å². The number of fused-ring (bicyclic) bond motifs is 1. The van der Waals surface area contributed by atoms with E-state index in [2.05, 4.69) is 50.5 Å². The normalized spacial score (nSPS) is 14.7. The van der Waals surface area contributed by atoms with Gasteiger partial charge in [-0.3, -0.25) is 4.68 Å². The van der Waals surface area contributed by atoms with Crippen molar-refractivity contribution in [3.63, 3.8) is 0 Å². The lowest BCUT2D eigenvalue weighted by atomic mass is 9.98. The number of para-hydroxylation sites is 1. The van der Waals surface area contributed by atoms with Crippen LogP contribution in [-0.4, -0.2) is 27.9 Å². The monoisotopic (exact) mass is 435 g/mol. The van der Waals surface area contributed by atoms with Crippen LogP contribution in [0.5, 0.6) is 0 Å². The number of nitrogen functional groups attached to an aromatic ring is 1. The molecular formula is C27H25N5O. The number of hydrogen-bond donors (Lipinski definition) is 2. The fraction of sp³-hybridized carbons (Fsp3) is 0.185. The number of furan rings is 1. The highest BCUT2D eigenvalue weighted by Crippen LogP contribution is 2.43. The Hall–Kier alpha value is -3.90. The lowest BCUT2D eigenvalue weighted by molar-refractivity contribution is 0.343. The van der Waals surface area contributed by atoms with Crippen LogP contribution < -0.4 is 11.1 Å². The second kappa shape index (κ2) is 8.22. The van der Waals surface area contributed by atoms with Crippen molar-refractivity contribution in [3.8, 4) is 33.6 Å². The van der Waals surface area contributed by atoms with Crippen LogP contribution in [0.4, 0.5) is 5.82 Å². The maximum atomic E-state index is 6.39. The number of anilines is 1. The molecule has 0 saturated carbocycles. The van der Waals surface area contributed by atoms with Crippen LogP contribution in [0.25, 0.3) is 44.5 Å². The summed E-state index contributed by atoms with van der Waals surface area (Å²) < 4.78 is 8.45. The van der Waals surface area contributed by atoms with Crippen molar-refractivity contribution in [2.45, 2.75) is 18.9 Å². The number of aromatic nitrogens is 3. The topological polar surface area (TPSA) is 81.9 Å². The highest BCUT2D eigenvalue weighted by Gasteiger charge is 2.21. The van der Waals surface area contributed by atoms with Gasteiger partial charge in [-0.2, -0.15) is 5.10 Å². The van der Waals surface area contributed by atoms with Crippen LogP contribution in [0.2, 0.25) is 0 Å². The van der Waals surface area contributed by atoms with E-state index in [1.807, 2.05) is 48.8 Å². The summed E-state index contributed by atoms with van der Waals surface area (Å²) in [6.07, 6.45) is 8.02. The van der Waals surface area contributed by atoms with Gasteiger partial charge in [-0.15, -0.1) is 0 Å². The third-order valence-electron chi connectivity index (χ3n) is 6.44. The molecule has 3 N–H and O–H groups in total. The van der Waals surface area contributed by atoms with E-state index in [1.54, 1.807) is 0 Å². The predicted molar refractivity (Wildman–Crippen MR) is 132 cm³/mol. The molecule has 1 saturated heterocycles. The number of benzene rings is 2. The average Bonchev–Trinajstić information content (AvgIpc) is 3.51. The van der Waals surface area contributed by atoms with Crippen molar-refractivity contribution in [1.29, 1.82) is 0 Å². The van der Waals surface area contributed by atoms with Gasteiger partial charge in [0.2, 0.25) is 0 Å². The highest BCUT2D eigenvalue weighted by molar-refractivity contribution is 6.03. The number of piperidine rings is 1. The van der Waals surface area contributed by atoms with E-state index in [1.165, 1.54) is 0 Å². The smallest absolute Gasteiger partial charge is 0.146 e. The van der Waals surface area contributed by atoms with Crippen molar-refractivity contribution < 1.29 is 4.42 Å². The lowest BCUT2D eigenvalue weighted by Crippen LogP contribution is -2.29. The highest BCUT2D eigenvalue weighted by atomic mass is 16.3. The van der Waals surface area contributed by atoms with Gasteiger partial charge in [-0.05, 0) is 43.6 Å². The SMILES string of the molecule is Nc1ncc(-c2cnn(C3CCNCC3)c2)cc1-c1oc2ccccc2c1-c1ccccc1. The molecule has 0 bridgehead atoms. The molecule has 6 rings (SSSR count). The van der Waals surface area contributed by atoms with E-state index in [0.29, 0.717) is 11.9 Å². The summed E-state index contributed by atoms with van der Waals surface area (Å²) in [7, 11) is 0. The van der Waals surface area contributed by atoms with Crippen molar-refractivity contribution in [1.82, 2.24) is 20.1 Å². The van der Waals surface area contributed by atoms with Gasteiger partial charge in [-0.1, -0.05) is 48.5 Å². The number of hydrogen-bond acceptors (Lipinski definition) is 5. The molecule has 0 atom stereocenters. The number of pyridine rings is 1. The van der Waals surface area contributed by atoms with Crippen molar-refractivity contribution in [3.05, 3.63) is 79.3 Å². The number of rotatable bonds is 4. The molecular weight excluding hydrogens is 410 g/mol. The van der Waals surface area contributed by atoms with E-state index in [-0.39, 0.29) is 0 Å². The van der Waals surface area contributed by atoms with Gasteiger partial charge in [0, 0.05) is 34.5 Å². The molecule has 6 nitrogen and oxygen atoms in total. The molecule has 5 aromatic rings. The quantitative estimate of drug-likeness (QED) is 0.388. The Balaban J connectivity index is 1.47. The van der Waals surface area contributed by atoms with Gasteiger partial charge in [0.1, 0.15) is 17.2 Å². The molecule has 0 spiro atoms. The Morgan fingerprint density at radius 1 is 0.909 bits per heavy atom. The number of nitrogens with zero attached hydrogens (tertiary/aromatic N) is 3. The summed E-state index contributed by atoms with van der Waals surface area (Å²) in [5.41, 5.74) is 12.1. The molecule has 0 aliphatic carbocycles. The fourth-order valence-electron chi connectivity index (χ4n) is 4.70. The maximum absolute atomic E-state index is 6.39. The van der Waals surface area contributed by atoms with E-state index in [0.717, 1.165) is 70.5 Å². The van der Waals surface area contributed by atoms with E-state index < -0.39 is 0 Å². The zero-order valence-corrected chi connectivity index (χ0v) is 18.2. The third-order valence-corrected chi connectivity index (χ3v) is 6.44. The zero-order chi connectivity index (χ0) is 22.2. The molecule has 4 heterocycles. The first kappa shape index (κ1) is 19.8. The number of nitrogens with two attached hydrogens (primary N) is 1. The molecule has 33 heavy (non-hydrogen) atoms. The Morgan fingerprint density at radius 3 is 2.55 bits per heavy atom. The van der Waals surface area contributed by atoms with Gasteiger partial charge >= 0.3 is 0 Å². The van der Waals surface area contributed by atoms with E-state index in [9.17, 15) is 0 Å². The van der Waals surface area contributed by atoms with Crippen molar-refractivity contribution >= 4 is 16.8 Å². The Morgan fingerprint density at radius 2 is 1.70 bits per heavy atom. The second-order valence-corrected chi connectivity index (χ2v) is 8.52. The zero-order valence-electron chi connectivity index (χ0n) is 18.2. The molecule has 6 heteroatoms. The first-order chi connectivity index (χ1) is 16.3. The first-order valence-corrected chi connectivity index (χ1v) is 11.4. The molecule has 0 radical (unpaired) electrons.